The first kappa shape index (κ1) is 29.7. The van der Waals surface area contributed by atoms with Crippen LogP contribution in [0.25, 0.3) is 0 Å². The molecule has 0 saturated heterocycles. The molecule has 206 valence electrons. The van der Waals surface area contributed by atoms with Crippen LogP contribution >= 0.6 is 0 Å². The molecule has 0 aromatic rings. The first-order valence-electron chi connectivity index (χ1n) is 15.4. The van der Waals surface area contributed by atoms with Gasteiger partial charge >= 0.3 is 0 Å². The molecule has 4 saturated carbocycles. The third kappa shape index (κ3) is 9.50. The van der Waals surface area contributed by atoms with E-state index in [2.05, 4.69) is 45.6 Å². The van der Waals surface area contributed by atoms with Gasteiger partial charge in [0.1, 0.15) is 0 Å². The Morgan fingerprint density at radius 2 is 1.06 bits per heavy atom. The van der Waals surface area contributed by atoms with E-state index >= 15 is 0 Å². The normalized spacial score (nSPS) is 38.9. The van der Waals surface area contributed by atoms with Crippen molar-refractivity contribution in [3.05, 3.63) is 24.8 Å². The SMILES string of the molecule is C.C/C=C/C1CCC(C2CCC(C)CC2)CC1.C=CC1CCC(C2CCC(CCC)CC2)CC1.[HH].[HH].[HH].[HH]. The van der Waals surface area contributed by atoms with Gasteiger partial charge in [-0.2, -0.15) is 0 Å². The Bertz CT molecular complexity index is 545. The number of rotatable bonds is 6. The van der Waals surface area contributed by atoms with Gasteiger partial charge in [-0.25, -0.2) is 0 Å². The zero-order valence-electron chi connectivity index (χ0n) is 22.8. The van der Waals surface area contributed by atoms with Crippen LogP contribution in [0.5, 0.6) is 0 Å². The van der Waals surface area contributed by atoms with E-state index in [1.54, 1.807) is 0 Å². The van der Waals surface area contributed by atoms with Crippen molar-refractivity contribution in [2.75, 3.05) is 0 Å². The first-order chi connectivity index (χ1) is 16.1. The summed E-state index contributed by atoms with van der Waals surface area (Å²) in [6, 6.07) is 0. The molecule has 34 heavy (non-hydrogen) atoms. The van der Waals surface area contributed by atoms with Crippen LogP contribution in [0, 0.1) is 47.3 Å². The van der Waals surface area contributed by atoms with Gasteiger partial charge in [-0.15, -0.1) is 6.58 Å². The van der Waals surface area contributed by atoms with Gasteiger partial charge in [-0.1, -0.05) is 78.0 Å². The molecule has 0 nitrogen and oxygen atoms in total. The summed E-state index contributed by atoms with van der Waals surface area (Å²) in [5, 5.41) is 0. The summed E-state index contributed by atoms with van der Waals surface area (Å²) in [4.78, 5) is 0. The van der Waals surface area contributed by atoms with Crippen LogP contribution < -0.4 is 0 Å². The summed E-state index contributed by atoms with van der Waals surface area (Å²) in [6.45, 7) is 10.9. The van der Waals surface area contributed by atoms with Crippen molar-refractivity contribution in [1.82, 2.24) is 0 Å². The van der Waals surface area contributed by atoms with Crippen LogP contribution in [0.1, 0.15) is 149 Å². The zero-order chi connectivity index (χ0) is 23.5. The molecular formula is C34H70. The van der Waals surface area contributed by atoms with E-state index in [-0.39, 0.29) is 13.1 Å². The Balaban J connectivity index is -0.000000570. The lowest BCUT2D eigenvalue weighted by Gasteiger charge is -2.37. The van der Waals surface area contributed by atoms with Crippen molar-refractivity contribution in [2.24, 2.45) is 47.3 Å². The highest BCUT2D eigenvalue weighted by atomic mass is 14.4. The Kier molecular flexibility index (Phi) is 14.2. The minimum atomic E-state index is 0. The molecule has 0 aliphatic heterocycles. The Morgan fingerprint density at radius 1 is 0.647 bits per heavy atom. The molecule has 4 rings (SSSR count). The van der Waals surface area contributed by atoms with Gasteiger partial charge in [0.05, 0.1) is 0 Å². The Morgan fingerprint density at radius 3 is 1.47 bits per heavy atom. The van der Waals surface area contributed by atoms with Gasteiger partial charge in [0.25, 0.3) is 0 Å². The maximum absolute atomic E-state index is 3.95. The van der Waals surface area contributed by atoms with Crippen LogP contribution in [0.2, 0.25) is 0 Å². The maximum Gasteiger partial charge on any atom is 0 e. The molecule has 0 radical (unpaired) electrons. The van der Waals surface area contributed by atoms with E-state index in [0.717, 1.165) is 47.3 Å². The molecule has 4 aliphatic carbocycles. The van der Waals surface area contributed by atoms with E-state index < -0.39 is 0 Å². The van der Waals surface area contributed by atoms with Crippen molar-refractivity contribution >= 4 is 0 Å². The van der Waals surface area contributed by atoms with Crippen LogP contribution in [-0.4, -0.2) is 0 Å². The third-order valence-electron chi connectivity index (χ3n) is 10.4. The molecule has 4 aliphatic rings. The lowest BCUT2D eigenvalue weighted by Crippen LogP contribution is -2.25. The summed E-state index contributed by atoms with van der Waals surface area (Å²) in [6.07, 6.45) is 33.7. The van der Waals surface area contributed by atoms with Gasteiger partial charge in [0.2, 0.25) is 0 Å². The molecule has 0 N–H and O–H groups in total. The first-order valence-corrected chi connectivity index (χ1v) is 15.4. The summed E-state index contributed by atoms with van der Waals surface area (Å²) < 4.78 is 0. The third-order valence-corrected chi connectivity index (χ3v) is 10.4. The molecule has 0 aromatic carbocycles. The van der Waals surface area contributed by atoms with Crippen LogP contribution in [0.15, 0.2) is 24.8 Å². The summed E-state index contributed by atoms with van der Waals surface area (Å²) in [7, 11) is 0. The quantitative estimate of drug-likeness (QED) is 0.333. The molecule has 0 amide bonds. The lowest BCUT2D eigenvalue weighted by atomic mass is 9.69. The second-order valence-electron chi connectivity index (χ2n) is 12.7. The molecule has 4 fully saturated rings. The zero-order valence-corrected chi connectivity index (χ0v) is 22.8. The highest BCUT2D eigenvalue weighted by Gasteiger charge is 2.30. The maximum atomic E-state index is 3.95. The predicted molar refractivity (Wildman–Crippen MR) is 163 cm³/mol. The highest BCUT2D eigenvalue weighted by molar-refractivity contribution is 4.91. The van der Waals surface area contributed by atoms with E-state index in [9.17, 15) is 0 Å². The second kappa shape index (κ2) is 16.3. The highest BCUT2D eigenvalue weighted by Crippen LogP contribution is 2.43. The summed E-state index contributed by atoms with van der Waals surface area (Å²) >= 11 is 0. The molecular weight excluding hydrogens is 408 g/mol. The van der Waals surface area contributed by atoms with E-state index in [1.165, 1.54) is 116 Å². The van der Waals surface area contributed by atoms with E-state index in [1.807, 2.05) is 0 Å². The van der Waals surface area contributed by atoms with Crippen LogP contribution in [-0.2, 0) is 0 Å². The molecule has 0 heterocycles. The fourth-order valence-corrected chi connectivity index (χ4v) is 8.05. The number of hydrogen-bond donors (Lipinski definition) is 0. The number of hydrogen-bond acceptors (Lipinski definition) is 0. The molecule has 0 aromatic heterocycles. The molecule has 0 spiro atoms. The average Bonchev–Trinajstić information content (AvgIpc) is 2.86. The fraction of sp³-hybridized carbons (Fsp3) is 0.882. The van der Waals surface area contributed by atoms with Gasteiger partial charge in [-0.05, 0) is 131 Å². The van der Waals surface area contributed by atoms with Gasteiger partial charge in [0.15, 0.2) is 0 Å². The van der Waals surface area contributed by atoms with Crippen LogP contribution in [0.4, 0.5) is 0 Å². The summed E-state index contributed by atoms with van der Waals surface area (Å²) in [5.74, 6) is 8.13. The Hall–Kier alpha value is -0.520. The minimum Gasteiger partial charge on any atom is -0.103 e. The molecule has 0 bridgehead atoms. The van der Waals surface area contributed by atoms with E-state index in [4.69, 9.17) is 0 Å². The lowest BCUT2D eigenvalue weighted by molar-refractivity contribution is 0.152. The van der Waals surface area contributed by atoms with Crippen LogP contribution in [0.3, 0.4) is 0 Å². The van der Waals surface area contributed by atoms with Crippen molar-refractivity contribution < 1.29 is 5.71 Å². The average molecular weight is 479 g/mol. The molecule has 0 atom stereocenters. The van der Waals surface area contributed by atoms with Gasteiger partial charge in [-0.3, -0.25) is 0 Å². The smallest absolute Gasteiger partial charge is 0 e. The van der Waals surface area contributed by atoms with Gasteiger partial charge in [0, 0.05) is 5.71 Å². The standard InChI is InChI=1S/C17H30.C16H28.CH4.4H2/c1-3-5-15-8-12-17(13-9-15)16-10-6-14(4-2)7-11-16;1-3-4-14-7-11-16(12-8-14)15-9-5-13(2)6-10-15;;;;;/h4,14-17H,2-3,5-13H2,1H3;3-4,13-16H,5-12H2,1-2H3;1H4;4*1H/b;4-3+;;;;;. The van der Waals surface area contributed by atoms with E-state index in [0.29, 0.717) is 0 Å². The Labute approximate surface area is 221 Å². The second-order valence-corrected chi connectivity index (χ2v) is 12.7. The fourth-order valence-electron chi connectivity index (χ4n) is 8.05. The number of allylic oxidation sites excluding steroid dienone is 3. The topological polar surface area (TPSA) is 0 Å². The van der Waals surface area contributed by atoms with Crippen molar-refractivity contribution in [2.45, 2.75) is 144 Å². The van der Waals surface area contributed by atoms with Gasteiger partial charge < -0.3 is 0 Å². The van der Waals surface area contributed by atoms with Crippen molar-refractivity contribution in [1.29, 1.82) is 0 Å². The largest absolute Gasteiger partial charge is 0.103 e. The monoisotopic (exact) mass is 479 g/mol. The molecule has 0 unspecified atom stereocenters. The summed E-state index contributed by atoms with van der Waals surface area (Å²) in [5.41, 5.74) is 0. The van der Waals surface area contributed by atoms with Crippen molar-refractivity contribution in [3.8, 4) is 0 Å². The van der Waals surface area contributed by atoms with Crippen molar-refractivity contribution in [3.63, 3.8) is 0 Å². The predicted octanol–water partition coefficient (Wildman–Crippen LogP) is 12.4. The minimum absolute atomic E-state index is 0. The molecule has 0 heteroatoms.